The molecular formula is C25H23NO3S. The van der Waals surface area contributed by atoms with Crippen LogP contribution in [0, 0.1) is 0 Å². The summed E-state index contributed by atoms with van der Waals surface area (Å²) in [5, 5.41) is 13.9. The Labute approximate surface area is 180 Å². The zero-order valence-corrected chi connectivity index (χ0v) is 17.3. The number of carboxylic acid groups (broad SMARTS) is 1. The fraction of sp³-hybridized carbons (Fsp3) is 0.160. The van der Waals surface area contributed by atoms with Gasteiger partial charge in [0, 0.05) is 29.8 Å². The average Bonchev–Trinajstić information content (AvgIpc) is 3.31. The summed E-state index contributed by atoms with van der Waals surface area (Å²) < 4.78 is 6.44. The van der Waals surface area contributed by atoms with Crippen LogP contribution >= 0.6 is 11.3 Å². The molecular weight excluding hydrogens is 394 g/mol. The Morgan fingerprint density at radius 1 is 0.933 bits per heavy atom. The lowest BCUT2D eigenvalue weighted by molar-refractivity contribution is 0.127. The van der Waals surface area contributed by atoms with Gasteiger partial charge in [-0.2, -0.15) is 0 Å². The molecule has 0 aliphatic rings. The molecule has 1 aromatic heterocycles. The molecule has 0 aliphatic heterocycles. The fourth-order valence-corrected chi connectivity index (χ4v) is 4.29. The topological polar surface area (TPSA) is 49.8 Å². The largest absolute Gasteiger partial charge is 0.484 e. The van der Waals surface area contributed by atoms with Gasteiger partial charge in [-0.15, -0.1) is 11.3 Å². The number of fused-ring (bicyclic) bond motifs is 1. The van der Waals surface area contributed by atoms with Crippen molar-refractivity contribution in [2.45, 2.75) is 19.1 Å². The molecule has 0 spiro atoms. The number of rotatable bonds is 8. The highest BCUT2D eigenvalue weighted by Gasteiger charge is 2.20. The summed E-state index contributed by atoms with van der Waals surface area (Å²) in [4.78, 5) is 14.4. The number of amides is 1. The van der Waals surface area contributed by atoms with Gasteiger partial charge in [-0.05, 0) is 28.5 Å². The van der Waals surface area contributed by atoms with E-state index in [1.165, 1.54) is 4.90 Å². The first-order valence-corrected chi connectivity index (χ1v) is 10.8. The second-order valence-corrected chi connectivity index (χ2v) is 8.06. The van der Waals surface area contributed by atoms with E-state index >= 15 is 0 Å². The highest BCUT2D eigenvalue weighted by Crippen LogP contribution is 2.33. The normalized spacial score (nSPS) is 11.9. The van der Waals surface area contributed by atoms with Crippen LogP contribution in [0.25, 0.3) is 10.8 Å². The molecule has 3 aromatic carbocycles. The first kappa shape index (κ1) is 20.0. The van der Waals surface area contributed by atoms with Crippen LogP contribution in [-0.4, -0.2) is 22.6 Å². The van der Waals surface area contributed by atoms with Gasteiger partial charge in [0.05, 0.1) is 0 Å². The van der Waals surface area contributed by atoms with E-state index in [-0.39, 0.29) is 6.10 Å². The zero-order chi connectivity index (χ0) is 20.8. The van der Waals surface area contributed by atoms with Crippen molar-refractivity contribution in [1.29, 1.82) is 0 Å². The third-order valence-electron chi connectivity index (χ3n) is 5.03. The van der Waals surface area contributed by atoms with Gasteiger partial charge in [0.15, 0.2) is 0 Å². The molecule has 152 valence electrons. The Kier molecular flexibility index (Phi) is 6.30. The van der Waals surface area contributed by atoms with Crippen molar-refractivity contribution >= 4 is 28.2 Å². The minimum atomic E-state index is -0.922. The Hall–Kier alpha value is -3.31. The van der Waals surface area contributed by atoms with Gasteiger partial charge >= 0.3 is 6.09 Å². The molecule has 30 heavy (non-hydrogen) atoms. The minimum absolute atomic E-state index is 0.214. The Morgan fingerprint density at radius 2 is 1.70 bits per heavy atom. The third-order valence-corrected chi connectivity index (χ3v) is 5.99. The van der Waals surface area contributed by atoms with Gasteiger partial charge < -0.3 is 14.7 Å². The summed E-state index contributed by atoms with van der Waals surface area (Å²) in [7, 11) is 0. The van der Waals surface area contributed by atoms with E-state index in [9.17, 15) is 9.90 Å². The van der Waals surface area contributed by atoms with Crippen LogP contribution in [0.2, 0.25) is 0 Å². The number of hydrogen-bond donors (Lipinski definition) is 1. The Bertz CT molecular complexity index is 1090. The minimum Gasteiger partial charge on any atom is -0.484 e. The Balaban J connectivity index is 1.53. The maximum atomic E-state index is 11.8. The number of ether oxygens (including phenoxy) is 1. The van der Waals surface area contributed by atoms with Gasteiger partial charge in [-0.25, -0.2) is 4.79 Å². The van der Waals surface area contributed by atoms with E-state index in [2.05, 4.69) is 18.2 Å². The molecule has 1 N–H and O–H groups in total. The SMILES string of the molecule is O=C(O)N(CC[C@@H](Oc1cccc2ccccc12)c1cccs1)Cc1ccccc1. The second-order valence-electron chi connectivity index (χ2n) is 7.08. The van der Waals surface area contributed by atoms with Gasteiger partial charge in [-0.3, -0.25) is 0 Å². The lowest BCUT2D eigenvalue weighted by atomic mass is 10.1. The molecule has 4 nitrogen and oxygen atoms in total. The predicted octanol–water partition coefficient (Wildman–Crippen LogP) is 6.59. The van der Waals surface area contributed by atoms with Crippen molar-refractivity contribution in [3.05, 3.63) is 101 Å². The maximum absolute atomic E-state index is 11.8. The van der Waals surface area contributed by atoms with Crippen molar-refractivity contribution in [3.63, 3.8) is 0 Å². The fourth-order valence-electron chi connectivity index (χ4n) is 3.50. The van der Waals surface area contributed by atoms with Crippen molar-refractivity contribution in [2.24, 2.45) is 0 Å². The van der Waals surface area contributed by atoms with Crippen molar-refractivity contribution in [3.8, 4) is 5.75 Å². The molecule has 1 heterocycles. The third kappa shape index (κ3) is 4.81. The molecule has 0 fully saturated rings. The van der Waals surface area contributed by atoms with E-state index < -0.39 is 6.09 Å². The number of benzene rings is 3. The van der Waals surface area contributed by atoms with Crippen LogP contribution in [0.3, 0.4) is 0 Å². The lowest BCUT2D eigenvalue weighted by Gasteiger charge is -2.24. The molecule has 1 amide bonds. The van der Waals surface area contributed by atoms with Gasteiger partial charge in [0.2, 0.25) is 0 Å². The van der Waals surface area contributed by atoms with Crippen LogP contribution in [0.5, 0.6) is 5.75 Å². The second kappa shape index (κ2) is 9.46. The average molecular weight is 418 g/mol. The van der Waals surface area contributed by atoms with Crippen molar-refractivity contribution in [2.75, 3.05) is 6.54 Å². The van der Waals surface area contributed by atoms with Gasteiger partial charge in [-0.1, -0.05) is 72.8 Å². The van der Waals surface area contributed by atoms with Crippen LogP contribution in [0.1, 0.15) is 23.0 Å². The zero-order valence-electron chi connectivity index (χ0n) is 16.5. The molecule has 0 radical (unpaired) electrons. The standard InChI is InChI=1S/C25H23NO3S/c27-25(28)26(18-19-8-2-1-3-9-19)16-15-23(24-14-7-17-30-24)29-22-13-6-11-20-10-4-5-12-21(20)22/h1-14,17,23H,15-16,18H2,(H,27,28)/t23-/m1/s1. The van der Waals surface area contributed by atoms with E-state index in [1.807, 2.05) is 72.1 Å². The number of carbonyl (C=O) groups is 1. The molecule has 0 unspecified atom stereocenters. The highest BCUT2D eigenvalue weighted by atomic mass is 32.1. The van der Waals surface area contributed by atoms with E-state index in [4.69, 9.17) is 4.74 Å². The molecule has 4 aromatic rings. The first-order valence-electron chi connectivity index (χ1n) is 9.90. The van der Waals surface area contributed by atoms with Crippen LogP contribution in [0.15, 0.2) is 90.3 Å². The molecule has 5 heteroatoms. The predicted molar refractivity (Wildman–Crippen MR) is 121 cm³/mol. The number of hydrogen-bond acceptors (Lipinski definition) is 3. The highest BCUT2D eigenvalue weighted by molar-refractivity contribution is 7.10. The number of nitrogens with zero attached hydrogens (tertiary/aromatic N) is 1. The summed E-state index contributed by atoms with van der Waals surface area (Å²) in [5.41, 5.74) is 0.975. The molecule has 1 atom stereocenters. The molecule has 0 aliphatic carbocycles. The number of thiophene rings is 1. The van der Waals surface area contributed by atoms with E-state index in [0.29, 0.717) is 19.5 Å². The molecule has 0 saturated carbocycles. The van der Waals surface area contributed by atoms with Gasteiger partial charge in [0.25, 0.3) is 0 Å². The summed E-state index contributed by atoms with van der Waals surface area (Å²) in [6.07, 6.45) is -0.564. The molecule has 0 bridgehead atoms. The summed E-state index contributed by atoms with van der Waals surface area (Å²) >= 11 is 1.63. The Morgan fingerprint density at radius 3 is 2.47 bits per heavy atom. The molecule has 4 rings (SSSR count). The van der Waals surface area contributed by atoms with Crippen molar-refractivity contribution < 1.29 is 14.6 Å². The first-order chi connectivity index (χ1) is 14.7. The van der Waals surface area contributed by atoms with Crippen molar-refractivity contribution in [1.82, 2.24) is 4.90 Å². The molecule has 0 saturated heterocycles. The van der Waals surface area contributed by atoms with Gasteiger partial charge in [0.1, 0.15) is 11.9 Å². The van der Waals surface area contributed by atoms with E-state index in [0.717, 1.165) is 27.0 Å². The van der Waals surface area contributed by atoms with Crippen LogP contribution in [0.4, 0.5) is 4.79 Å². The smallest absolute Gasteiger partial charge is 0.407 e. The summed E-state index contributed by atoms with van der Waals surface area (Å²) in [6.45, 7) is 0.749. The summed E-state index contributed by atoms with van der Waals surface area (Å²) in [5.74, 6) is 0.816. The lowest BCUT2D eigenvalue weighted by Crippen LogP contribution is -2.31. The quantitative estimate of drug-likeness (QED) is 0.352. The van der Waals surface area contributed by atoms with Crippen LogP contribution in [-0.2, 0) is 6.54 Å². The monoisotopic (exact) mass is 417 g/mol. The maximum Gasteiger partial charge on any atom is 0.407 e. The summed E-state index contributed by atoms with van der Waals surface area (Å²) in [6, 6.07) is 27.9. The van der Waals surface area contributed by atoms with E-state index in [1.54, 1.807) is 11.3 Å². The van der Waals surface area contributed by atoms with Crippen LogP contribution < -0.4 is 4.74 Å².